The first-order valence-corrected chi connectivity index (χ1v) is 10.6. The Morgan fingerprint density at radius 3 is 2.53 bits per heavy atom. The number of hydrogen-bond donors (Lipinski definition) is 2. The lowest BCUT2D eigenvalue weighted by Gasteiger charge is -2.18. The number of aryl methyl sites for hydroxylation is 1. The van der Waals surface area contributed by atoms with Gasteiger partial charge in [0.15, 0.2) is 11.5 Å². The van der Waals surface area contributed by atoms with E-state index in [9.17, 15) is 9.90 Å². The predicted octanol–water partition coefficient (Wildman–Crippen LogP) is 4.33. The topological polar surface area (TPSA) is 85.6 Å². The third kappa shape index (κ3) is 3.46. The Labute approximate surface area is 182 Å². The molecule has 0 saturated heterocycles. The van der Waals surface area contributed by atoms with Crippen LogP contribution in [0.25, 0.3) is 5.69 Å². The summed E-state index contributed by atoms with van der Waals surface area (Å²) in [7, 11) is 2.96. The third-order valence-electron chi connectivity index (χ3n) is 4.89. The monoisotopic (exact) mass is 445 g/mol. The number of methoxy groups -OCH3 is 2. The molecule has 2 aromatic carbocycles. The van der Waals surface area contributed by atoms with Crippen molar-refractivity contribution in [3.8, 4) is 22.9 Å². The number of halogens is 1. The maximum atomic E-state index is 12.5. The van der Waals surface area contributed by atoms with Gasteiger partial charge in [-0.15, -0.1) is 11.8 Å². The summed E-state index contributed by atoms with van der Waals surface area (Å²) in [6.45, 7) is 1.89. The molecule has 7 nitrogen and oxygen atoms in total. The fourth-order valence-electron chi connectivity index (χ4n) is 3.51. The lowest BCUT2D eigenvalue weighted by molar-refractivity contribution is -0.113. The van der Waals surface area contributed by atoms with Crippen LogP contribution in [0.15, 0.2) is 36.4 Å². The van der Waals surface area contributed by atoms with Gasteiger partial charge in [0, 0.05) is 5.56 Å². The third-order valence-corrected chi connectivity index (χ3v) is 6.48. The van der Waals surface area contributed by atoms with Crippen LogP contribution in [0.5, 0.6) is 17.2 Å². The Morgan fingerprint density at radius 2 is 1.90 bits per heavy atom. The summed E-state index contributed by atoms with van der Waals surface area (Å²) >= 11 is 7.87. The number of nitrogens with one attached hydrogen (secondary N) is 1. The van der Waals surface area contributed by atoms with Gasteiger partial charge in [0.2, 0.25) is 11.7 Å². The van der Waals surface area contributed by atoms with Crippen molar-refractivity contribution < 1.29 is 19.4 Å². The van der Waals surface area contributed by atoms with E-state index in [2.05, 4.69) is 10.4 Å². The molecule has 1 amide bonds. The summed E-state index contributed by atoms with van der Waals surface area (Å²) in [4.78, 5) is 12.5. The summed E-state index contributed by atoms with van der Waals surface area (Å²) in [6, 6.07) is 10.8. The van der Waals surface area contributed by atoms with Gasteiger partial charge < -0.3 is 19.9 Å². The van der Waals surface area contributed by atoms with Crippen LogP contribution in [-0.2, 0) is 4.79 Å². The average molecular weight is 446 g/mol. The largest absolute Gasteiger partial charge is 0.502 e. The molecule has 2 heterocycles. The molecule has 0 aliphatic carbocycles. The van der Waals surface area contributed by atoms with Crippen molar-refractivity contribution >= 4 is 35.1 Å². The van der Waals surface area contributed by atoms with Crippen LogP contribution in [0.3, 0.4) is 0 Å². The number of carbonyl (C=O) groups excluding carboxylic acids is 1. The van der Waals surface area contributed by atoms with Crippen LogP contribution in [0.2, 0.25) is 5.02 Å². The molecule has 3 aromatic rings. The molecule has 1 aliphatic heterocycles. The van der Waals surface area contributed by atoms with Crippen molar-refractivity contribution in [1.82, 2.24) is 9.78 Å². The molecule has 156 valence electrons. The number of ether oxygens (including phenoxy) is 2. The van der Waals surface area contributed by atoms with Crippen LogP contribution in [0, 0.1) is 6.92 Å². The zero-order valence-electron chi connectivity index (χ0n) is 16.6. The number of hydrogen-bond acceptors (Lipinski definition) is 6. The Hall–Kier alpha value is -2.84. The number of anilines is 1. The van der Waals surface area contributed by atoms with E-state index in [1.807, 2.05) is 25.1 Å². The van der Waals surface area contributed by atoms with Crippen LogP contribution < -0.4 is 14.8 Å². The normalized spacial score (nSPS) is 15.9. The van der Waals surface area contributed by atoms with E-state index in [4.69, 9.17) is 21.1 Å². The van der Waals surface area contributed by atoms with Gasteiger partial charge in [-0.2, -0.15) is 5.10 Å². The molecule has 0 fully saturated rings. The minimum atomic E-state index is -0.237. The number of para-hydroxylation sites is 1. The number of amides is 1. The van der Waals surface area contributed by atoms with E-state index in [1.54, 1.807) is 22.9 Å². The second-order valence-corrected chi connectivity index (χ2v) is 8.22. The van der Waals surface area contributed by atoms with Crippen molar-refractivity contribution in [2.45, 2.75) is 12.2 Å². The number of aromatic nitrogens is 2. The summed E-state index contributed by atoms with van der Waals surface area (Å²) in [6.07, 6.45) is 0. The van der Waals surface area contributed by atoms with Crippen molar-refractivity contribution in [2.75, 3.05) is 25.3 Å². The molecule has 1 aromatic heterocycles. The zero-order chi connectivity index (χ0) is 21.4. The number of benzene rings is 2. The van der Waals surface area contributed by atoms with E-state index < -0.39 is 0 Å². The number of fused-ring (bicyclic) bond motifs is 1. The van der Waals surface area contributed by atoms with Crippen LogP contribution >= 0.6 is 23.4 Å². The van der Waals surface area contributed by atoms with E-state index in [-0.39, 0.29) is 22.7 Å². The van der Waals surface area contributed by atoms with Gasteiger partial charge in [-0.3, -0.25) is 4.79 Å². The standard InChI is InChI=1S/C21H20ClN3O4S/c1-11-18-20(12-8-15(28-2)19(27)16(9-12)29-3)30-10-17(26)23-21(18)25(24-11)14-7-5-4-6-13(14)22/h4-9,20,27H,10H2,1-3H3,(H,23,26). The highest BCUT2D eigenvalue weighted by molar-refractivity contribution is 8.00. The second kappa shape index (κ2) is 8.12. The van der Waals surface area contributed by atoms with Crippen LogP contribution in [-0.4, -0.2) is 40.8 Å². The highest BCUT2D eigenvalue weighted by Crippen LogP contribution is 2.48. The number of aromatic hydroxyl groups is 1. The molecule has 2 N–H and O–H groups in total. The zero-order valence-corrected chi connectivity index (χ0v) is 18.2. The summed E-state index contributed by atoms with van der Waals surface area (Å²) in [5.41, 5.74) is 3.12. The van der Waals surface area contributed by atoms with Gasteiger partial charge in [-0.1, -0.05) is 23.7 Å². The summed E-state index contributed by atoms with van der Waals surface area (Å²) < 4.78 is 12.3. The Balaban J connectivity index is 1.93. The highest BCUT2D eigenvalue weighted by atomic mass is 35.5. The van der Waals surface area contributed by atoms with Gasteiger partial charge in [-0.05, 0) is 36.8 Å². The van der Waals surface area contributed by atoms with E-state index >= 15 is 0 Å². The lowest BCUT2D eigenvalue weighted by Crippen LogP contribution is -2.16. The number of phenols is 1. The van der Waals surface area contributed by atoms with Gasteiger partial charge in [0.1, 0.15) is 5.82 Å². The fraction of sp³-hybridized carbons (Fsp3) is 0.238. The Morgan fingerprint density at radius 1 is 1.23 bits per heavy atom. The quantitative estimate of drug-likeness (QED) is 0.621. The molecule has 0 bridgehead atoms. The van der Waals surface area contributed by atoms with Crippen molar-refractivity contribution in [3.05, 3.63) is 58.2 Å². The number of nitrogens with zero attached hydrogens (tertiary/aromatic N) is 2. The van der Waals surface area contributed by atoms with Crippen molar-refractivity contribution in [1.29, 1.82) is 0 Å². The molecule has 30 heavy (non-hydrogen) atoms. The molecule has 0 radical (unpaired) electrons. The SMILES string of the molecule is COc1cc(C2SCC(=O)Nc3c2c(C)nn3-c2ccccc2Cl)cc(OC)c1O. The second-order valence-electron chi connectivity index (χ2n) is 6.72. The van der Waals surface area contributed by atoms with Crippen molar-refractivity contribution in [3.63, 3.8) is 0 Å². The Bertz CT molecular complexity index is 1110. The Kier molecular flexibility index (Phi) is 5.53. The maximum Gasteiger partial charge on any atom is 0.235 e. The minimum Gasteiger partial charge on any atom is -0.502 e. The van der Waals surface area contributed by atoms with Gasteiger partial charge in [0.05, 0.1) is 41.6 Å². The average Bonchev–Trinajstić information content (AvgIpc) is 2.93. The van der Waals surface area contributed by atoms with Crippen LogP contribution in [0.4, 0.5) is 5.82 Å². The minimum absolute atomic E-state index is 0.0692. The van der Waals surface area contributed by atoms with E-state index in [0.29, 0.717) is 28.0 Å². The first kappa shape index (κ1) is 20.4. The fourth-order valence-corrected chi connectivity index (χ4v) is 4.89. The number of phenolic OH excluding ortho intramolecular Hbond substituents is 1. The summed E-state index contributed by atoms with van der Waals surface area (Å²) in [5.74, 6) is 1.23. The number of thioether (sulfide) groups is 1. The molecule has 1 unspecified atom stereocenters. The molecule has 9 heteroatoms. The lowest BCUT2D eigenvalue weighted by atomic mass is 10.0. The number of rotatable bonds is 4. The molecular weight excluding hydrogens is 426 g/mol. The van der Waals surface area contributed by atoms with Gasteiger partial charge in [-0.25, -0.2) is 4.68 Å². The van der Waals surface area contributed by atoms with Gasteiger partial charge in [0.25, 0.3) is 0 Å². The molecule has 1 atom stereocenters. The first-order valence-electron chi connectivity index (χ1n) is 9.15. The molecule has 0 saturated carbocycles. The first-order chi connectivity index (χ1) is 14.4. The molecule has 4 rings (SSSR count). The van der Waals surface area contributed by atoms with Crippen molar-refractivity contribution in [2.24, 2.45) is 0 Å². The van der Waals surface area contributed by atoms with Crippen LogP contribution in [0.1, 0.15) is 22.1 Å². The molecular formula is C21H20ClN3O4S. The maximum absolute atomic E-state index is 12.5. The molecule has 1 aliphatic rings. The number of carbonyl (C=O) groups is 1. The predicted molar refractivity (Wildman–Crippen MR) is 117 cm³/mol. The molecule has 0 spiro atoms. The highest BCUT2D eigenvalue weighted by Gasteiger charge is 2.32. The smallest absolute Gasteiger partial charge is 0.235 e. The van der Waals surface area contributed by atoms with Gasteiger partial charge >= 0.3 is 0 Å². The van der Waals surface area contributed by atoms with E-state index in [0.717, 1.165) is 16.8 Å². The van der Waals surface area contributed by atoms with E-state index in [1.165, 1.54) is 26.0 Å². The summed E-state index contributed by atoms with van der Waals surface area (Å²) in [5, 5.41) is 18.2.